The molecule has 1 aliphatic rings. The molecule has 2 aromatic rings. The van der Waals surface area contributed by atoms with Crippen LogP contribution in [0.15, 0.2) is 60.7 Å². The highest BCUT2D eigenvalue weighted by Gasteiger charge is 2.31. The van der Waals surface area contributed by atoms with Crippen molar-refractivity contribution in [1.82, 2.24) is 5.06 Å². The summed E-state index contributed by atoms with van der Waals surface area (Å²) in [7, 11) is 0. The van der Waals surface area contributed by atoms with Crippen molar-refractivity contribution in [1.29, 1.82) is 0 Å². The molecule has 2 nitrogen and oxygen atoms in total. The number of nitrogens with zero attached hydrogens (tertiary/aromatic N) is 1. The van der Waals surface area contributed by atoms with E-state index in [1.807, 2.05) is 17.2 Å². The van der Waals surface area contributed by atoms with Crippen LogP contribution in [0.4, 0.5) is 0 Å². The zero-order valence-corrected chi connectivity index (χ0v) is 8.91. The average Bonchev–Trinajstić information content (AvgIpc) is 3.17. The summed E-state index contributed by atoms with van der Waals surface area (Å²) in [5.74, 6) is 0. The lowest BCUT2D eigenvalue weighted by Crippen LogP contribution is -2.10. The molecule has 3 rings (SSSR count). The normalized spacial score (nSPS) is 18.7. The Hall–Kier alpha value is -1.64. The van der Waals surface area contributed by atoms with Crippen LogP contribution in [0.25, 0.3) is 0 Å². The molecule has 2 heteroatoms. The van der Waals surface area contributed by atoms with E-state index in [1.165, 1.54) is 11.1 Å². The highest BCUT2D eigenvalue weighted by molar-refractivity contribution is 5.31. The van der Waals surface area contributed by atoms with Gasteiger partial charge in [-0.15, -0.1) is 5.06 Å². The minimum Gasteiger partial charge on any atom is -0.278 e. The van der Waals surface area contributed by atoms with Crippen molar-refractivity contribution in [2.75, 3.05) is 6.73 Å². The van der Waals surface area contributed by atoms with E-state index in [0.29, 0.717) is 6.73 Å². The van der Waals surface area contributed by atoms with E-state index in [9.17, 15) is 0 Å². The van der Waals surface area contributed by atoms with Crippen LogP contribution in [-0.4, -0.2) is 11.8 Å². The topological polar surface area (TPSA) is 15.5 Å². The molecule has 0 saturated carbocycles. The first-order chi connectivity index (χ1) is 7.95. The van der Waals surface area contributed by atoms with Gasteiger partial charge in [0, 0.05) is 0 Å². The van der Waals surface area contributed by atoms with Crippen molar-refractivity contribution in [2.24, 2.45) is 0 Å². The predicted molar refractivity (Wildman–Crippen MR) is 62.5 cm³/mol. The summed E-state index contributed by atoms with van der Waals surface area (Å²) in [5.41, 5.74) is 2.54. The molecule has 1 atom stereocenters. The van der Waals surface area contributed by atoms with Gasteiger partial charge in [-0.3, -0.25) is 4.84 Å². The van der Waals surface area contributed by atoms with Gasteiger partial charge in [0.15, 0.2) is 0 Å². The number of hydrogen-bond acceptors (Lipinski definition) is 2. The molecule has 80 valence electrons. The predicted octanol–water partition coefficient (Wildman–Crippen LogP) is 2.98. The van der Waals surface area contributed by atoms with Gasteiger partial charge in [-0.25, -0.2) is 0 Å². The van der Waals surface area contributed by atoms with Crippen molar-refractivity contribution in [2.45, 2.75) is 6.04 Å². The Labute approximate surface area is 95.0 Å². The van der Waals surface area contributed by atoms with Gasteiger partial charge in [0.05, 0.1) is 6.04 Å². The van der Waals surface area contributed by atoms with E-state index in [-0.39, 0.29) is 6.04 Å². The van der Waals surface area contributed by atoms with Crippen LogP contribution in [0.1, 0.15) is 17.2 Å². The summed E-state index contributed by atoms with van der Waals surface area (Å²) in [6, 6.07) is 21.1. The van der Waals surface area contributed by atoms with Crippen LogP contribution in [-0.2, 0) is 4.84 Å². The first-order valence-electron chi connectivity index (χ1n) is 5.44. The minimum atomic E-state index is 0.224. The van der Waals surface area contributed by atoms with Gasteiger partial charge in [0.2, 0.25) is 0 Å². The molecule has 1 unspecified atom stereocenters. The number of rotatable bonds is 3. The van der Waals surface area contributed by atoms with Gasteiger partial charge in [0.25, 0.3) is 0 Å². The van der Waals surface area contributed by atoms with Crippen LogP contribution in [0.2, 0.25) is 0 Å². The van der Waals surface area contributed by atoms with Crippen molar-refractivity contribution in [3.8, 4) is 0 Å². The second kappa shape index (κ2) is 4.08. The Kier molecular flexibility index (Phi) is 2.44. The van der Waals surface area contributed by atoms with E-state index < -0.39 is 0 Å². The van der Waals surface area contributed by atoms with E-state index in [1.54, 1.807) is 0 Å². The Balaban J connectivity index is 1.99. The summed E-state index contributed by atoms with van der Waals surface area (Å²) >= 11 is 0. The molecule has 16 heavy (non-hydrogen) atoms. The maximum Gasteiger partial charge on any atom is 0.145 e. The molecule has 1 aliphatic heterocycles. The van der Waals surface area contributed by atoms with Crippen molar-refractivity contribution in [3.63, 3.8) is 0 Å². The molecule has 0 radical (unpaired) electrons. The molecule has 0 aromatic heterocycles. The third kappa shape index (κ3) is 1.85. The molecular weight excluding hydrogens is 198 g/mol. The largest absolute Gasteiger partial charge is 0.278 e. The molecule has 1 heterocycles. The van der Waals surface area contributed by atoms with E-state index >= 15 is 0 Å². The molecule has 0 amide bonds. The lowest BCUT2D eigenvalue weighted by Gasteiger charge is -2.16. The zero-order chi connectivity index (χ0) is 10.8. The second-order valence-electron chi connectivity index (χ2n) is 3.90. The second-order valence-corrected chi connectivity index (χ2v) is 3.90. The monoisotopic (exact) mass is 211 g/mol. The standard InChI is InChI=1S/C14H13NO/c1-3-7-12(8-4-1)14(15-11-16-15)13-9-5-2-6-10-13/h1-10,14H,11H2. The molecule has 2 aromatic carbocycles. The number of benzene rings is 2. The van der Waals surface area contributed by atoms with Gasteiger partial charge in [-0.2, -0.15) is 0 Å². The highest BCUT2D eigenvalue weighted by Crippen LogP contribution is 2.33. The minimum absolute atomic E-state index is 0.224. The van der Waals surface area contributed by atoms with E-state index in [0.717, 1.165) is 0 Å². The lowest BCUT2D eigenvalue weighted by molar-refractivity contribution is 0.166. The quantitative estimate of drug-likeness (QED) is 0.725. The van der Waals surface area contributed by atoms with Gasteiger partial charge in [-0.1, -0.05) is 60.7 Å². The molecular formula is C14H13NO. The summed E-state index contributed by atoms with van der Waals surface area (Å²) in [6.45, 7) is 0.717. The van der Waals surface area contributed by atoms with Crippen molar-refractivity contribution >= 4 is 0 Å². The zero-order valence-electron chi connectivity index (χ0n) is 8.91. The number of hydroxylamine groups is 2. The summed E-state index contributed by atoms with van der Waals surface area (Å²) in [6.07, 6.45) is 0. The van der Waals surface area contributed by atoms with Gasteiger partial charge in [0.1, 0.15) is 6.73 Å². The fourth-order valence-corrected chi connectivity index (χ4v) is 1.98. The van der Waals surface area contributed by atoms with Gasteiger partial charge >= 0.3 is 0 Å². The summed E-state index contributed by atoms with van der Waals surface area (Å²) in [4.78, 5) is 5.31. The first kappa shape index (κ1) is 9.58. The van der Waals surface area contributed by atoms with Crippen LogP contribution in [0.3, 0.4) is 0 Å². The molecule has 1 saturated heterocycles. The molecule has 0 bridgehead atoms. The van der Waals surface area contributed by atoms with Crippen molar-refractivity contribution < 1.29 is 4.84 Å². The SMILES string of the molecule is c1ccc(C(c2ccccc2)N2CO2)cc1. The van der Waals surface area contributed by atoms with Crippen molar-refractivity contribution in [3.05, 3.63) is 71.8 Å². The fraction of sp³-hybridized carbons (Fsp3) is 0.143. The Bertz CT molecular complexity index is 411. The molecule has 0 N–H and O–H groups in total. The first-order valence-corrected chi connectivity index (χ1v) is 5.44. The number of hydrogen-bond donors (Lipinski definition) is 0. The third-order valence-electron chi connectivity index (χ3n) is 2.80. The smallest absolute Gasteiger partial charge is 0.145 e. The summed E-state index contributed by atoms with van der Waals surface area (Å²) < 4.78 is 0. The van der Waals surface area contributed by atoms with Gasteiger partial charge < -0.3 is 0 Å². The van der Waals surface area contributed by atoms with Crippen LogP contribution in [0.5, 0.6) is 0 Å². The Morgan fingerprint density at radius 3 is 1.62 bits per heavy atom. The Morgan fingerprint density at radius 1 is 0.812 bits per heavy atom. The molecule has 1 fully saturated rings. The molecule has 0 spiro atoms. The maximum atomic E-state index is 5.31. The van der Waals surface area contributed by atoms with Crippen LogP contribution in [0, 0.1) is 0 Å². The van der Waals surface area contributed by atoms with Gasteiger partial charge in [-0.05, 0) is 11.1 Å². The van der Waals surface area contributed by atoms with E-state index in [4.69, 9.17) is 4.84 Å². The lowest BCUT2D eigenvalue weighted by atomic mass is 9.99. The van der Waals surface area contributed by atoms with Crippen LogP contribution < -0.4 is 0 Å². The Morgan fingerprint density at radius 2 is 1.25 bits per heavy atom. The third-order valence-corrected chi connectivity index (χ3v) is 2.80. The van der Waals surface area contributed by atoms with E-state index in [2.05, 4.69) is 48.5 Å². The maximum absolute atomic E-state index is 5.31. The fourth-order valence-electron chi connectivity index (χ4n) is 1.98. The average molecular weight is 211 g/mol. The molecule has 0 aliphatic carbocycles. The van der Waals surface area contributed by atoms with Crippen LogP contribution >= 0.6 is 0 Å². The summed E-state index contributed by atoms with van der Waals surface area (Å²) in [5, 5.41) is 1.99. The highest BCUT2D eigenvalue weighted by atomic mass is 16.8.